The predicted molar refractivity (Wildman–Crippen MR) is 71.6 cm³/mol. The van der Waals surface area contributed by atoms with Gasteiger partial charge < -0.3 is 20.5 Å². The normalized spacial score (nSPS) is 11.1. The third-order valence-corrected chi connectivity index (χ3v) is 2.74. The van der Waals surface area contributed by atoms with Crippen LogP contribution in [-0.2, 0) is 0 Å². The second-order valence-corrected chi connectivity index (χ2v) is 4.27. The molecule has 0 aliphatic rings. The molecule has 1 aromatic rings. The minimum atomic E-state index is -4.23. The number of carbonyl (C=O) groups excluding carboxylic acids is 1. The zero-order chi connectivity index (χ0) is 16.0. The van der Waals surface area contributed by atoms with Crippen molar-refractivity contribution in [2.75, 3.05) is 26.5 Å². The molecule has 0 aliphatic carbocycles. The van der Waals surface area contributed by atoms with Gasteiger partial charge in [-0.2, -0.15) is 13.2 Å². The van der Waals surface area contributed by atoms with Gasteiger partial charge >= 0.3 is 6.18 Å². The Morgan fingerprint density at radius 1 is 1.29 bits per heavy atom. The molecule has 8 heteroatoms. The van der Waals surface area contributed by atoms with E-state index in [4.69, 9.17) is 15.2 Å². The molecule has 21 heavy (non-hydrogen) atoms. The van der Waals surface area contributed by atoms with Gasteiger partial charge in [-0.1, -0.05) is 0 Å². The molecule has 0 spiro atoms. The van der Waals surface area contributed by atoms with Gasteiger partial charge in [0.05, 0.1) is 25.5 Å². The van der Waals surface area contributed by atoms with E-state index in [-0.39, 0.29) is 30.0 Å². The van der Waals surface area contributed by atoms with Crippen molar-refractivity contribution in [3.63, 3.8) is 0 Å². The summed E-state index contributed by atoms with van der Waals surface area (Å²) in [6, 6.07) is 2.91. The first kappa shape index (κ1) is 16.9. The Labute approximate surface area is 120 Å². The molecule has 0 aromatic heterocycles. The van der Waals surface area contributed by atoms with Crippen LogP contribution in [0.1, 0.15) is 23.2 Å². The fourth-order valence-corrected chi connectivity index (χ4v) is 1.66. The summed E-state index contributed by atoms with van der Waals surface area (Å²) in [6.07, 6.45) is -5.39. The molecule has 1 rings (SSSR count). The van der Waals surface area contributed by atoms with Crippen LogP contribution in [0.3, 0.4) is 0 Å². The van der Waals surface area contributed by atoms with Crippen LogP contribution in [0, 0.1) is 0 Å². The Morgan fingerprint density at radius 2 is 1.95 bits per heavy atom. The molecule has 3 N–H and O–H groups in total. The SMILES string of the molecule is COc1cc(OC)c(N)c(C(=O)NCCCC(F)(F)F)c1. The van der Waals surface area contributed by atoms with E-state index < -0.39 is 18.5 Å². The monoisotopic (exact) mass is 306 g/mol. The largest absolute Gasteiger partial charge is 0.497 e. The number of hydrogen-bond acceptors (Lipinski definition) is 4. The molecule has 0 aliphatic heterocycles. The van der Waals surface area contributed by atoms with Gasteiger partial charge in [0.15, 0.2) is 0 Å². The first-order valence-corrected chi connectivity index (χ1v) is 6.15. The van der Waals surface area contributed by atoms with E-state index in [0.29, 0.717) is 5.75 Å². The maximum Gasteiger partial charge on any atom is 0.389 e. The van der Waals surface area contributed by atoms with E-state index >= 15 is 0 Å². The van der Waals surface area contributed by atoms with Gasteiger partial charge in [-0.05, 0) is 12.5 Å². The summed E-state index contributed by atoms with van der Waals surface area (Å²) in [4.78, 5) is 11.9. The number of rotatable bonds is 6. The second-order valence-electron chi connectivity index (χ2n) is 4.27. The van der Waals surface area contributed by atoms with E-state index in [2.05, 4.69) is 5.32 Å². The van der Waals surface area contributed by atoms with Crippen molar-refractivity contribution >= 4 is 11.6 Å². The fraction of sp³-hybridized carbons (Fsp3) is 0.462. The Balaban J connectivity index is 2.73. The summed E-state index contributed by atoms with van der Waals surface area (Å²) in [5.41, 5.74) is 5.97. The molecule has 0 atom stereocenters. The number of ether oxygens (including phenoxy) is 2. The van der Waals surface area contributed by atoms with Gasteiger partial charge in [-0.15, -0.1) is 0 Å². The van der Waals surface area contributed by atoms with Crippen LogP contribution in [0.25, 0.3) is 0 Å². The van der Waals surface area contributed by atoms with Crippen molar-refractivity contribution in [3.05, 3.63) is 17.7 Å². The number of carbonyl (C=O) groups is 1. The molecule has 0 bridgehead atoms. The highest BCUT2D eigenvalue weighted by Crippen LogP contribution is 2.31. The molecule has 118 valence electrons. The average molecular weight is 306 g/mol. The number of anilines is 1. The van der Waals surface area contributed by atoms with Gasteiger partial charge in [-0.25, -0.2) is 0 Å². The summed E-state index contributed by atoms with van der Waals surface area (Å²) < 4.78 is 46.0. The number of hydrogen-bond donors (Lipinski definition) is 2. The van der Waals surface area contributed by atoms with Crippen molar-refractivity contribution in [3.8, 4) is 11.5 Å². The minimum Gasteiger partial charge on any atom is -0.497 e. The number of alkyl halides is 3. The minimum absolute atomic E-state index is 0.0956. The third-order valence-electron chi connectivity index (χ3n) is 2.74. The zero-order valence-electron chi connectivity index (χ0n) is 11.7. The van der Waals surface area contributed by atoms with Crippen LogP contribution in [0.5, 0.6) is 11.5 Å². The first-order valence-electron chi connectivity index (χ1n) is 6.15. The Kier molecular flexibility index (Phi) is 5.69. The lowest BCUT2D eigenvalue weighted by Crippen LogP contribution is -2.26. The molecular formula is C13H17F3N2O3. The molecule has 0 saturated carbocycles. The molecule has 0 heterocycles. The lowest BCUT2D eigenvalue weighted by Gasteiger charge is -2.13. The van der Waals surface area contributed by atoms with E-state index in [1.165, 1.54) is 26.4 Å². The molecule has 0 unspecified atom stereocenters. The lowest BCUT2D eigenvalue weighted by atomic mass is 10.1. The summed E-state index contributed by atoms with van der Waals surface area (Å²) in [5, 5.41) is 2.38. The van der Waals surface area contributed by atoms with Gasteiger partial charge in [0.2, 0.25) is 0 Å². The van der Waals surface area contributed by atoms with Gasteiger partial charge in [0.25, 0.3) is 5.91 Å². The summed E-state index contributed by atoms with van der Waals surface area (Å²) in [5.74, 6) is 0.0446. The van der Waals surface area contributed by atoms with Gasteiger partial charge in [0.1, 0.15) is 11.5 Å². The predicted octanol–water partition coefficient (Wildman–Crippen LogP) is 2.36. The summed E-state index contributed by atoms with van der Waals surface area (Å²) >= 11 is 0. The van der Waals surface area contributed by atoms with Crippen LogP contribution in [0.15, 0.2) is 12.1 Å². The number of nitrogen functional groups attached to an aromatic ring is 1. The number of halogens is 3. The van der Waals surface area contributed by atoms with Crippen LogP contribution in [0.4, 0.5) is 18.9 Å². The topological polar surface area (TPSA) is 73.6 Å². The zero-order valence-corrected chi connectivity index (χ0v) is 11.7. The van der Waals surface area contributed by atoms with Gasteiger partial charge in [0, 0.05) is 19.0 Å². The molecule has 0 saturated heterocycles. The molecule has 5 nitrogen and oxygen atoms in total. The third kappa shape index (κ3) is 5.05. The maximum absolute atomic E-state index is 12.0. The highest BCUT2D eigenvalue weighted by Gasteiger charge is 2.26. The van der Waals surface area contributed by atoms with E-state index in [0.717, 1.165) is 0 Å². The van der Waals surface area contributed by atoms with Crippen molar-refractivity contribution in [1.29, 1.82) is 0 Å². The lowest BCUT2D eigenvalue weighted by molar-refractivity contribution is -0.135. The average Bonchev–Trinajstić information content (AvgIpc) is 2.42. The van der Waals surface area contributed by atoms with Crippen LogP contribution >= 0.6 is 0 Å². The molecular weight excluding hydrogens is 289 g/mol. The number of nitrogens with one attached hydrogen (secondary N) is 1. The van der Waals surface area contributed by atoms with E-state index in [1.807, 2.05) is 0 Å². The Bertz CT molecular complexity index is 504. The standard InChI is InChI=1S/C13H17F3N2O3/c1-20-8-6-9(11(17)10(7-8)21-2)12(19)18-5-3-4-13(14,15)16/h6-7H,3-5,17H2,1-2H3,(H,18,19). The van der Waals surface area contributed by atoms with Crippen molar-refractivity contribution in [1.82, 2.24) is 5.32 Å². The van der Waals surface area contributed by atoms with Crippen molar-refractivity contribution in [2.24, 2.45) is 0 Å². The molecule has 0 fully saturated rings. The molecule has 0 radical (unpaired) electrons. The number of amides is 1. The van der Waals surface area contributed by atoms with Gasteiger partial charge in [-0.3, -0.25) is 4.79 Å². The van der Waals surface area contributed by atoms with E-state index in [9.17, 15) is 18.0 Å². The second kappa shape index (κ2) is 7.05. The van der Waals surface area contributed by atoms with Crippen molar-refractivity contribution in [2.45, 2.75) is 19.0 Å². The fourth-order valence-electron chi connectivity index (χ4n) is 1.66. The van der Waals surface area contributed by atoms with Crippen molar-refractivity contribution < 1.29 is 27.4 Å². The summed E-state index contributed by atoms with van der Waals surface area (Å²) in [7, 11) is 2.80. The number of benzene rings is 1. The highest BCUT2D eigenvalue weighted by molar-refractivity contribution is 6.00. The van der Waals surface area contributed by atoms with Crippen LogP contribution < -0.4 is 20.5 Å². The maximum atomic E-state index is 12.0. The number of nitrogens with two attached hydrogens (primary N) is 1. The molecule has 1 aromatic carbocycles. The highest BCUT2D eigenvalue weighted by atomic mass is 19.4. The quantitative estimate of drug-likeness (QED) is 0.625. The smallest absolute Gasteiger partial charge is 0.389 e. The molecule has 1 amide bonds. The Hall–Kier alpha value is -2.12. The van der Waals surface area contributed by atoms with E-state index in [1.54, 1.807) is 0 Å². The van der Waals surface area contributed by atoms with Crippen LogP contribution in [0.2, 0.25) is 0 Å². The first-order chi connectivity index (χ1) is 9.78. The van der Waals surface area contributed by atoms with Crippen LogP contribution in [-0.4, -0.2) is 32.8 Å². The number of methoxy groups -OCH3 is 2. The summed E-state index contributed by atoms with van der Waals surface area (Å²) in [6.45, 7) is -0.0999. The Morgan fingerprint density at radius 3 is 2.48 bits per heavy atom.